The van der Waals surface area contributed by atoms with Crippen molar-refractivity contribution in [3.05, 3.63) is 34.9 Å². The fourth-order valence-corrected chi connectivity index (χ4v) is 3.27. The van der Waals surface area contributed by atoms with Crippen LogP contribution in [-0.2, 0) is 24.0 Å². The molecule has 2 unspecified atom stereocenters. The van der Waals surface area contributed by atoms with E-state index in [1.165, 1.54) is 24.8 Å². The van der Waals surface area contributed by atoms with Gasteiger partial charge in [-0.3, -0.25) is 0 Å². The van der Waals surface area contributed by atoms with Crippen molar-refractivity contribution >= 4 is 0 Å². The van der Waals surface area contributed by atoms with Crippen molar-refractivity contribution in [2.45, 2.75) is 64.5 Å². The Kier molecular flexibility index (Phi) is 5.22. The number of hydrogen-bond donors (Lipinski definition) is 1. The maximum absolute atomic E-state index is 5.80. The van der Waals surface area contributed by atoms with Crippen LogP contribution in [0.2, 0.25) is 0 Å². The van der Waals surface area contributed by atoms with E-state index in [1.54, 1.807) is 11.1 Å². The van der Waals surface area contributed by atoms with Crippen molar-refractivity contribution in [2.75, 3.05) is 13.7 Å². The number of rotatable bonds is 7. The summed E-state index contributed by atoms with van der Waals surface area (Å²) >= 11 is 0. The zero-order valence-corrected chi connectivity index (χ0v) is 13.5. The van der Waals surface area contributed by atoms with Crippen molar-refractivity contribution in [1.82, 2.24) is 5.32 Å². The highest BCUT2D eigenvalue weighted by Crippen LogP contribution is 2.26. The topological polar surface area (TPSA) is 21.3 Å². The standard InChI is InChI=1S/C18H29NO/c1-5-18(3,20-4)17(19-6-2)13-14-10-11-15-8-7-9-16(15)12-14/h10-12,17,19H,5-9,13H2,1-4H3. The summed E-state index contributed by atoms with van der Waals surface area (Å²) in [7, 11) is 1.83. The van der Waals surface area contributed by atoms with Gasteiger partial charge in [-0.1, -0.05) is 32.0 Å². The zero-order chi connectivity index (χ0) is 14.6. The Balaban J connectivity index is 2.15. The van der Waals surface area contributed by atoms with Gasteiger partial charge < -0.3 is 10.1 Å². The molecule has 0 heterocycles. The van der Waals surface area contributed by atoms with Crippen LogP contribution in [0, 0.1) is 0 Å². The quantitative estimate of drug-likeness (QED) is 0.822. The first-order valence-electron chi connectivity index (χ1n) is 8.02. The van der Waals surface area contributed by atoms with E-state index < -0.39 is 0 Å². The van der Waals surface area contributed by atoms with E-state index in [2.05, 4.69) is 44.3 Å². The Labute approximate surface area is 123 Å². The van der Waals surface area contributed by atoms with Gasteiger partial charge in [0.1, 0.15) is 0 Å². The van der Waals surface area contributed by atoms with Crippen molar-refractivity contribution in [3.8, 4) is 0 Å². The molecule has 2 nitrogen and oxygen atoms in total. The summed E-state index contributed by atoms with van der Waals surface area (Å²) in [5, 5.41) is 3.62. The van der Waals surface area contributed by atoms with E-state index in [4.69, 9.17) is 4.74 Å². The first kappa shape index (κ1) is 15.5. The molecule has 2 rings (SSSR count). The highest BCUT2D eigenvalue weighted by atomic mass is 16.5. The smallest absolute Gasteiger partial charge is 0.0803 e. The third-order valence-electron chi connectivity index (χ3n) is 4.96. The van der Waals surface area contributed by atoms with E-state index in [0.29, 0.717) is 6.04 Å². The van der Waals surface area contributed by atoms with Crippen LogP contribution in [0.25, 0.3) is 0 Å². The van der Waals surface area contributed by atoms with E-state index in [1.807, 2.05) is 7.11 Å². The second-order valence-corrected chi connectivity index (χ2v) is 6.14. The molecule has 112 valence electrons. The molecule has 0 spiro atoms. The van der Waals surface area contributed by atoms with Crippen LogP contribution in [0.4, 0.5) is 0 Å². The summed E-state index contributed by atoms with van der Waals surface area (Å²) < 4.78 is 5.80. The molecule has 1 aliphatic rings. The second-order valence-electron chi connectivity index (χ2n) is 6.14. The molecule has 1 aliphatic carbocycles. The average molecular weight is 275 g/mol. The first-order chi connectivity index (χ1) is 9.62. The summed E-state index contributed by atoms with van der Waals surface area (Å²) in [5.41, 5.74) is 4.45. The summed E-state index contributed by atoms with van der Waals surface area (Å²) in [5.74, 6) is 0. The lowest BCUT2D eigenvalue weighted by Crippen LogP contribution is -2.51. The molecule has 0 bridgehead atoms. The van der Waals surface area contributed by atoms with Gasteiger partial charge in [-0.25, -0.2) is 0 Å². The Morgan fingerprint density at radius 2 is 2.00 bits per heavy atom. The van der Waals surface area contributed by atoms with Crippen molar-refractivity contribution < 1.29 is 4.74 Å². The number of methoxy groups -OCH3 is 1. The monoisotopic (exact) mass is 275 g/mol. The van der Waals surface area contributed by atoms with Crippen molar-refractivity contribution in [1.29, 1.82) is 0 Å². The molecule has 20 heavy (non-hydrogen) atoms. The number of hydrogen-bond acceptors (Lipinski definition) is 2. The van der Waals surface area contributed by atoms with Crippen LogP contribution < -0.4 is 5.32 Å². The van der Waals surface area contributed by atoms with Crippen LogP contribution in [-0.4, -0.2) is 25.3 Å². The normalized spacial score (nSPS) is 18.6. The number of ether oxygens (including phenoxy) is 1. The molecule has 0 aliphatic heterocycles. The van der Waals surface area contributed by atoms with Crippen LogP contribution >= 0.6 is 0 Å². The van der Waals surface area contributed by atoms with E-state index in [0.717, 1.165) is 19.4 Å². The Morgan fingerprint density at radius 1 is 1.25 bits per heavy atom. The summed E-state index contributed by atoms with van der Waals surface area (Å²) in [6.07, 6.45) is 5.90. The zero-order valence-electron chi connectivity index (χ0n) is 13.5. The highest BCUT2D eigenvalue weighted by molar-refractivity contribution is 5.35. The van der Waals surface area contributed by atoms with Gasteiger partial charge >= 0.3 is 0 Å². The van der Waals surface area contributed by atoms with Gasteiger partial charge in [0.15, 0.2) is 0 Å². The Bertz CT molecular complexity index is 437. The van der Waals surface area contributed by atoms with Gasteiger partial charge in [-0.15, -0.1) is 0 Å². The molecule has 1 N–H and O–H groups in total. The Morgan fingerprint density at radius 3 is 2.65 bits per heavy atom. The van der Waals surface area contributed by atoms with E-state index in [-0.39, 0.29) is 5.60 Å². The fraction of sp³-hybridized carbons (Fsp3) is 0.667. The molecule has 0 saturated carbocycles. The van der Waals surface area contributed by atoms with Crippen LogP contribution in [0.3, 0.4) is 0 Å². The minimum absolute atomic E-state index is 0.102. The van der Waals surface area contributed by atoms with E-state index in [9.17, 15) is 0 Å². The molecule has 0 amide bonds. The molecule has 0 fully saturated rings. The van der Waals surface area contributed by atoms with Gasteiger partial charge in [0.05, 0.1) is 5.60 Å². The summed E-state index contributed by atoms with van der Waals surface area (Å²) in [6, 6.07) is 7.41. The molecule has 1 aromatic rings. The van der Waals surface area contributed by atoms with Crippen LogP contribution in [0.5, 0.6) is 0 Å². The average Bonchev–Trinajstić information content (AvgIpc) is 2.93. The minimum Gasteiger partial charge on any atom is -0.377 e. The SMILES string of the molecule is CCNC(Cc1ccc2c(c1)CCC2)C(C)(CC)OC. The van der Waals surface area contributed by atoms with Crippen LogP contribution in [0.1, 0.15) is 50.3 Å². The second kappa shape index (κ2) is 6.73. The molecule has 2 heteroatoms. The number of fused-ring (bicyclic) bond motifs is 1. The van der Waals surface area contributed by atoms with Crippen molar-refractivity contribution in [3.63, 3.8) is 0 Å². The minimum atomic E-state index is -0.102. The number of aryl methyl sites for hydroxylation is 2. The predicted molar refractivity (Wildman–Crippen MR) is 85.3 cm³/mol. The Hall–Kier alpha value is -0.860. The largest absolute Gasteiger partial charge is 0.377 e. The van der Waals surface area contributed by atoms with E-state index >= 15 is 0 Å². The number of nitrogens with one attached hydrogen (secondary N) is 1. The molecule has 1 aromatic carbocycles. The lowest BCUT2D eigenvalue weighted by Gasteiger charge is -2.36. The molecule has 0 aromatic heterocycles. The van der Waals surface area contributed by atoms with Gasteiger partial charge in [0.25, 0.3) is 0 Å². The van der Waals surface area contributed by atoms with Crippen molar-refractivity contribution in [2.24, 2.45) is 0 Å². The van der Waals surface area contributed by atoms with Gasteiger partial charge in [-0.2, -0.15) is 0 Å². The van der Waals surface area contributed by atoms with Gasteiger partial charge in [0.2, 0.25) is 0 Å². The van der Waals surface area contributed by atoms with Gasteiger partial charge in [-0.05, 0) is 62.3 Å². The molecular formula is C18H29NO. The summed E-state index contributed by atoms with van der Waals surface area (Å²) in [6.45, 7) is 7.57. The lowest BCUT2D eigenvalue weighted by atomic mass is 9.87. The van der Waals surface area contributed by atoms with Gasteiger partial charge in [0, 0.05) is 13.2 Å². The maximum atomic E-state index is 5.80. The lowest BCUT2D eigenvalue weighted by molar-refractivity contribution is -0.0283. The number of benzene rings is 1. The fourth-order valence-electron chi connectivity index (χ4n) is 3.27. The highest BCUT2D eigenvalue weighted by Gasteiger charge is 2.32. The first-order valence-corrected chi connectivity index (χ1v) is 8.02. The molecule has 0 radical (unpaired) electrons. The van der Waals surface area contributed by atoms with Crippen LogP contribution in [0.15, 0.2) is 18.2 Å². The molecular weight excluding hydrogens is 246 g/mol. The molecule has 0 saturated heterocycles. The summed E-state index contributed by atoms with van der Waals surface area (Å²) in [4.78, 5) is 0. The number of likely N-dealkylation sites (N-methyl/N-ethyl adjacent to an activating group) is 1. The third kappa shape index (κ3) is 3.24. The molecule has 2 atom stereocenters. The predicted octanol–water partition coefficient (Wildman–Crippen LogP) is 3.51. The third-order valence-corrected chi connectivity index (χ3v) is 4.96. The maximum Gasteiger partial charge on any atom is 0.0803 e.